The van der Waals surface area contributed by atoms with Gasteiger partial charge in [0.25, 0.3) is 0 Å². The Morgan fingerprint density at radius 1 is 1.40 bits per heavy atom. The highest BCUT2D eigenvalue weighted by atomic mass is 16.2. The van der Waals surface area contributed by atoms with Crippen LogP contribution < -0.4 is 16.4 Å². The number of hydrogen-bond acceptors (Lipinski definition) is 2. The van der Waals surface area contributed by atoms with Crippen molar-refractivity contribution in [2.75, 3.05) is 6.54 Å². The van der Waals surface area contributed by atoms with E-state index < -0.39 is 0 Å². The van der Waals surface area contributed by atoms with Gasteiger partial charge in [-0.2, -0.15) is 0 Å². The summed E-state index contributed by atoms with van der Waals surface area (Å²) < 4.78 is 0. The monoisotopic (exact) mass is 207 g/mol. The van der Waals surface area contributed by atoms with E-state index in [0.717, 1.165) is 5.56 Å². The standard InChI is InChI=1S/C11H17N3O/c1-9(7-12)14-11(15)13-8-10-5-3-2-4-6-10/h2-6,9H,7-8,12H2,1H3,(H2,13,14,15). The molecule has 82 valence electrons. The molecule has 0 aliphatic heterocycles. The molecule has 0 fully saturated rings. The van der Waals surface area contributed by atoms with E-state index in [9.17, 15) is 4.79 Å². The van der Waals surface area contributed by atoms with Crippen molar-refractivity contribution in [3.63, 3.8) is 0 Å². The number of carbonyl (C=O) groups excluding carboxylic acids is 1. The fourth-order valence-electron chi connectivity index (χ4n) is 1.11. The van der Waals surface area contributed by atoms with E-state index >= 15 is 0 Å². The average Bonchev–Trinajstić information content (AvgIpc) is 2.27. The molecular formula is C11H17N3O. The molecule has 0 heterocycles. The Balaban J connectivity index is 2.29. The largest absolute Gasteiger partial charge is 0.334 e. The van der Waals surface area contributed by atoms with Crippen molar-refractivity contribution in [1.82, 2.24) is 10.6 Å². The van der Waals surface area contributed by atoms with Gasteiger partial charge < -0.3 is 16.4 Å². The Morgan fingerprint density at radius 2 is 2.07 bits per heavy atom. The van der Waals surface area contributed by atoms with Gasteiger partial charge in [-0.25, -0.2) is 4.79 Å². The smallest absolute Gasteiger partial charge is 0.315 e. The zero-order chi connectivity index (χ0) is 11.1. The first-order valence-electron chi connectivity index (χ1n) is 5.00. The molecule has 1 rings (SSSR count). The first-order valence-corrected chi connectivity index (χ1v) is 5.00. The van der Waals surface area contributed by atoms with Crippen LogP contribution in [0.4, 0.5) is 4.79 Å². The molecule has 15 heavy (non-hydrogen) atoms. The molecule has 4 nitrogen and oxygen atoms in total. The van der Waals surface area contributed by atoms with Crippen LogP contribution in [0.3, 0.4) is 0 Å². The van der Waals surface area contributed by atoms with E-state index in [1.165, 1.54) is 0 Å². The Bertz CT molecular complexity index is 300. The summed E-state index contributed by atoms with van der Waals surface area (Å²) in [5.74, 6) is 0. The highest BCUT2D eigenvalue weighted by molar-refractivity contribution is 5.74. The molecule has 0 saturated carbocycles. The fraction of sp³-hybridized carbons (Fsp3) is 0.364. The van der Waals surface area contributed by atoms with Crippen LogP contribution in [0.25, 0.3) is 0 Å². The van der Waals surface area contributed by atoms with Gasteiger partial charge in [-0.1, -0.05) is 30.3 Å². The summed E-state index contributed by atoms with van der Waals surface area (Å²) >= 11 is 0. The van der Waals surface area contributed by atoms with E-state index in [-0.39, 0.29) is 12.1 Å². The van der Waals surface area contributed by atoms with Crippen LogP contribution in [0.5, 0.6) is 0 Å². The molecule has 2 amide bonds. The van der Waals surface area contributed by atoms with Gasteiger partial charge in [0, 0.05) is 19.1 Å². The van der Waals surface area contributed by atoms with Crippen molar-refractivity contribution < 1.29 is 4.79 Å². The number of rotatable bonds is 4. The molecule has 1 aromatic rings. The third-order valence-electron chi connectivity index (χ3n) is 2.03. The quantitative estimate of drug-likeness (QED) is 0.684. The Morgan fingerprint density at radius 3 is 2.67 bits per heavy atom. The van der Waals surface area contributed by atoms with Gasteiger partial charge in [-0.3, -0.25) is 0 Å². The molecule has 1 aromatic carbocycles. The summed E-state index contributed by atoms with van der Waals surface area (Å²) in [5, 5.41) is 5.48. The number of urea groups is 1. The number of benzene rings is 1. The second-order valence-corrected chi connectivity index (χ2v) is 3.45. The summed E-state index contributed by atoms with van der Waals surface area (Å²) in [6, 6.07) is 9.58. The van der Waals surface area contributed by atoms with Crippen molar-refractivity contribution >= 4 is 6.03 Å². The van der Waals surface area contributed by atoms with Crippen molar-refractivity contribution in [2.45, 2.75) is 19.5 Å². The molecular weight excluding hydrogens is 190 g/mol. The number of carbonyl (C=O) groups is 1. The lowest BCUT2D eigenvalue weighted by molar-refractivity contribution is 0.237. The molecule has 0 spiro atoms. The van der Waals surface area contributed by atoms with Gasteiger partial charge in [-0.05, 0) is 12.5 Å². The van der Waals surface area contributed by atoms with Crippen LogP contribution in [0.1, 0.15) is 12.5 Å². The van der Waals surface area contributed by atoms with Crippen LogP contribution in [-0.4, -0.2) is 18.6 Å². The molecule has 1 unspecified atom stereocenters. The molecule has 0 aromatic heterocycles. The summed E-state index contributed by atoms with van der Waals surface area (Å²) in [6.07, 6.45) is 0. The van der Waals surface area contributed by atoms with E-state index in [4.69, 9.17) is 5.73 Å². The molecule has 0 aliphatic carbocycles. The van der Waals surface area contributed by atoms with Gasteiger partial charge in [0.15, 0.2) is 0 Å². The maximum Gasteiger partial charge on any atom is 0.315 e. The number of nitrogens with two attached hydrogens (primary N) is 1. The summed E-state index contributed by atoms with van der Waals surface area (Å²) in [6.45, 7) is 2.84. The van der Waals surface area contributed by atoms with Crippen molar-refractivity contribution in [3.8, 4) is 0 Å². The van der Waals surface area contributed by atoms with E-state index in [0.29, 0.717) is 13.1 Å². The van der Waals surface area contributed by atoms with E-state index in [2.05, 4.69) is 10.6 Å². The first kappa shape index (κ1) is 11.5. The lowest BCUT2D eigenvalue weighted by atomic mass is 10.2. The van der Waals surface area contributed by atoms with Crippen molar-refractivity contribution in [3.05, 3.63) is 35.9 Å². The third-order valence-corrected chi connectivity index (χ3v) is 2.03. The van der Waals surface area contributed by atoms with Crippen molar-refractivity contribution in [1.29, 1.82) is 0 Å². The zero-order valence-corrected chi connectivity index (χ0v) is 8.86. The predicted octanol–water partition coefficient (Wildman–Crippen LogP) is 0.833. The van der Waals surface area contributed by atoms with Gasteiger partial charge >= 0.3 is 6.03 Å². The van der Waals surface area contributed by atoms with Crippen LogP contribution >= 0.6 is 0 Å². The Kier molecular flexibility index (Phi) is 4.63. The second-order valence-electron chi connectivity index (χ2n) is 3.45. The van der Waals surface area contributed by atoms with Crippen LogP contribution in [0, 0.1) is 0 Å². The Labute approximate surface area is 89.9 Å². The van der Waals surface area contributed by atoms with E-state index in [1.807, 2.05) is 37.3 Å². The van der Waals surface area contributed by atoms with Crippen molar-refractivity contribution in [2.24, 2.45) is 5.73 Å². The molecule has 0 saturated heterocycles. The second kappa shape index (κ2) is 6.03. The number of amides is 2. The summed E-state index contributed by atoms with van der Waals surface area (Å²) in [5.41, 5.74) is 6.46. The lowest BCUT2D eigenvalue weighted by Crippen LogP contribution is -2.43. The fourth-order valence-corrected chi connectivity index (χ4v) is 1.11. The van der Waals surface area contributed by atoms with Crippen LogP contribution in [-0.2, 0) is 6.54 Å². The van der Waals surface area contributed by atoms with Gasteiger partial charge in [0.1, 0.15) is 0 Å². The minimum Gasteiger partial charge on any atom is -0.334 e. The zero-order valence-electron chi connectivity index (χ0n) is 8.86. The van der Waals surface area contributed by atoms with E-state index in [1.54, 1.807) is 0 Å². The molecule has 0 radical (unpaired) electrons. The number of nitrogens with one attached hydrogen (secondary N) is 2. The van der Waals surface area contributed by atoms with Crippen LogP contribution in [0.2, 0.25) is 0 Å². The average molecular weight is 207 g/mol. The summed E-state index contributed by atoms with van der Waals surface area (Å²) in [7, 11) is 0. The van der Waals surface area contributed by atoms with Crippen LogP contribution in [0.15, 0.2) is 30.3 Å². The summed E-state index contributed by atoms with van der Waals surface area (Å²) in [4.78, 5) is 11.3. The molecule has 4 N–H and O–H groups in total. The predicted molar refractivity (Wildman–Crippen MR) is 60.3 cm³/mol. The molecule has 0 aliphatic rings. The Hall–Kier alpha value is -1.55. The SMILES string of the molecule is CC(CN)NC(=O)NCc1ccccc1. The first-order chi connectivity index (χ1) is 7.22. The van der Waals surface area contributed by atoms with Gasteiger partial charge in [0.05, 0.1) is 0 Å². The minimum absolute atomic E-state index is 0.000716. The normalized spacial score (nSPS) is 11.9. The maximum atomic E-state index is 11.3. The molecule has 1 atom stereocenters. The lowest BCUT2D eigenvalue weighted by Gasteiger charge is -2.12. The number of hydrogen-bond donors (Lipinski definition) is 3. The van der Waals surface area contributed by atoms with Gasteiger partial charge in [-0.15, -0.1) is 0 Å². The van der Waals surface area contributed by atoms with Gasteiger partial charge in [0.2, 0.25) is 0 Å². The third kappa shape index (κ3) is 4.46. The maximum absolute atomic E-state index is 11.3. The topological polar surface area (TPSA) is 67.1 Å². The minimum atomic E-state index is -0.184. The highest BCUT2D eigenvalue weighted by Crippen LogP contribution is 1.96. The molecule has 4 heteroatoms. The highest BCUT2D eigenvalue weighted by Gasteiger charge is 2.03. The molecule has 0 bridgehead atoms.